The van der Waals surface area contributed by atoms with Crippen LogP contribution in [-0.2, 0) is 25.8 Å². The van der Waals surface area contributed by atoms with Crippen molar-refractivity contribution in [1.82, 2.24) is 4.90 Å². The van der Waals surface area contributed by atoms with Crippen LogP contribution in [0.25, 0.3) is 0 Å². The maximum atomic E-state index is 12.0. The number of amides is 1. The first kappa shape index (κ1) is 20.4. The molecule has 1 aliphatic rings. The van der Waals surface area contributed by atoms with Gasteiger partial charge in [0.05, 0.1) is 11.7 Å². The van der Waals surface area contributed by atoms with Crippen LogP contribution < -0.4 is 0 Å². The number of halogens is 1. The summed E-state index contributed by atoms with van der Waals surface area (Å²) >= 11 is 0. The van der Waals surface area contributed by atoms with Gasteiger partial charge < -0.3 is 10.0 Å². The van der Waals surface area contributed by atoms with Gasteiger partial charge in [-0.1, -0.05) is 30.3 Å². The van der Waals surface area contributed by atoms with E-state index in [1.807, 2.05) is 30.3 Å². The largest absolute Gasteiger partial charge is 0.481 e. The highest BCUT2D eigenvalue weighted by Gasteiger charge is 2.32. The van der Waals surface area contributed by atoms with Gasteiger partial charge in [0.25, 0.3) is 0 Å². The average Bonchev–Trinajstić information content (AvgIpc) is 2.98. The number of benzene rings is 1. The highest BCUT2D eigenvalue weighted by atomic mass is 35.5. The number of aryl methyl sites for hydroxylation is 1. The van der Waals surface area contributed by atoms with Crippen molar-refractivity contribution in [3.05, 3.63) is 35.9 Å². The molecule has 0 aromatic heterocycles. The lowest BCUT2D eigenvalue weighted by Crippen LogP contribution is -2.35. The quantitative estimate of drug-likeness (QED) is 0.777. The van der Waals surface area contributed by atoms with Gasteiger partial charge in [0, 0.05) is 13.1 Å². The lowest BCUT2D eigenvalue weighted by molar-refractivity contribution is -0.141. The molecule has 1 aromatic carbocycles. The summed E-state index contributed by atoms with van der Waals surface area (Å²) in [5, 5.41) is 8.91. The minimum absolute atomic E-state index is 0. The number of aliphatic carboxylic acids is 1. The zero-order chi connectivity index (χ0) is 16.9. The predicted molar refractivity (Wildman–Crippen MR) is 93.0 cm³/mol. The molecule has 134 valence electrons. The van der Waals surface area contributed by atoms with Gasteiger partial charge in [-0.05, 0) is 24.8 Å². The van der Waals surface area contributed by atoms with Gasteiger partial charge in [-0.2, -0.15) is 0 Å². The Hall–Kier alpha value is -1.60. The summed E-state index contributed by atoms with van der Waals surface area (Å²) in [7, 11) is -3.46. The average molecular weight is 376 g/mol. The van der Waals surface area contributed by atoms with E-state index in [0.29, 0.717) is 25.8 Å². The van der Waals surface area contributed by atoms with Crippen molar-refractivity contribution in [2.75, 3.05) is 24.6 Å². The Balaban J connectivity index is 0.00000288. The van der Waals surface area contributed by atoms with Crippen LogP contribution in [0.4, 0.5) is 0 Å². The van der Waals surface area contributed by atoms with E-state index < -0.39 is 33.4 Å². The highest BCUT2D eigenvalue weighted by molar-refractivity contribution is 7.92. The number of carboxylic acids is 1. The molecule has 6 nitrogen and oxygen atoms in total. The zero-order valence-electron chi connectivity index (χ0n) is 13.3. The van der Waals surface area contributed by atoms with Crippen molar-refractivity contribution >= 4 is 34.1 Å². The number of nitrogens with zero attached hydrogens (tertiary/aromatic N) is 1. The number of carboxylic acid groups (broad SMARTS) is 1. The molecular weight excluding hydrogens is 354 g/mol. The number of carbonyl (C=O) groups excluding carboxylic acids is 1. The van der Waals surface area contributed by atoms with Gasteiger partial charge in [-0.3, -0.25) is 9.59 Å². The third-order valence-corrected chi connectivity index (χ3v) is 5.59. The molecule has 1 N–H and O–H groups in total. The normalized spacial score (nSPS) is 17.3. The molecule has 0 saturated carbocycles. The zero-order valence-corrected chi connectivity index (χ0v) is 14.9. The highest BCUT2D eigenvalue weighted by Crippen LogP contribution is 2.17. The van der Waals surface area contributed by atoms with Gasteiger partial charge in [-0.25, -0.2) is 8.42 Å². The van der Waals surface area contributed by atoms with Crippen molar-refractivity contribution < 1.29 is 23.1 Å². The minimum Gasteiger partial charge on any atom is -0.481 e. The minimum atomic E-state index is -3.46. The maximum Gasteiger partial charge on any atom is 0.308 e. The van der Waals surface area contributed by atoms with E-state index in [1.54, 1.807) is 0 Å². The topological polar surface area (TPSA) is 91.8 Å². The van der Waals surface area contributed by atoms with E-state index >= 15 is 0 Å². The Morgan fingerprint density at radius 3 is 2.46 bits per heavy atom. The Morgan fingerprint density at radius 2 is 1.88 bits per heavy atom. The molecule has 24 heavy (non-hydrogen) atoms. The molecule has 0 radical (unpaired) electrons. The third kappa shape index (κ3) is 6.13. The number of likely N-dealkylation sites (tertiary alicyclic amines) is 1. The van der Waals surface area contributed by atoms with Gasteiger partial charge in [0.1, 0.15) is 5.75 Å². The number of hydrogen-bond donors (Lipinski definition) is 1. The summed E-state index contributed by atoms with van der Waals surface area (Å²) in [4.78, 5) is 24.2. The summed E-state index contributed by atoms with van der Waals surface area (Å²) in [5.41, 5.74) is 1.07. The molecule has 1 fully saturated rings. The first-order valence-electron chi connectivity index (χ1n) is 7.62. The molecule has 0 aliphatic carbocycles. The van der Waals surface area contributed by atoms with Crippen molar-refractivity contribution in [3.63, 3.8) is 0 Å². The van der Waals surface area contributed by atoms with Crippen LogP contribution in [0, 0.1) is 5.92 Å². The molecule has 0 bridgehead atoms. The van der Waals surface area contributed by atoms with E-state index in [9.17, 15) is 18.0 Å². The van der Waals surface area contributed by atoms with E-state index in [2.05, 4.69) is 0 Å². The smallest absolute Gasteiger partial charge is 0.308 e. The molecule has 1 amide bonds. The Kier molecular flexibility index (Phi) is 7.69. The number of rotatable bonds is 7. The van der Waals surface area contributed by atoms with Crippen molar-refractivity contribution in [1.29, 1.82) is 0 Å². The van der Waals surface area contributed by atoms with Crippen LogP contribution in [0.15, 0.2) is 30.3 Å². The molecule has 8 heteroatoms. The van der Waals surface area contributed by atoms with E-state index in [1.165, 1.54) is 4.90 Å². The van der Waals surface area contributed by atoms with Crippen LogP contribution in [0.1, 0.15) is 18.4 Å². The fraction of sp³-hybridized carbons (Fsp3) is 0.500. The Bertz CT molecular complexity index is 662. The molecule has 1 heterocycles. The first-order valence-corrected chi connectivity index (χ1v) is 9.44. The van der Waals surface area contributed by atoms with Crippen molar-refractivity contribution in [2.24, 2.45) is 5.92 Å². The summed E-state index contributed by atoms with van der Waals surface area (Å²) in [6.45, 7) is 0.420. The van der Waals surface area contributed by atoms with E-state index in [4.69, 9.17) is 5.11 Å². The second-order valence-corrected chi connectivity index (χ2v) is 8.03. The summed E-state index contributed by atoms with van der Waals surface area (Å²) in [6.07, 6.45) is 1.51. The molecule has 0 spiro atoms. The van der Waals surface area contributed by atoms with Crippen LogP contribution in [-0.4, -0.2) is 54.9 Å². The van der Waals surface area contributed by atoms with Crippen LogP contribution in [0.5, 0.6) is 0 Å². The van der Waals surface area contributed by atoms with Crippen LogP contribution in [0.2, 0.25) is 0 Å². The van der Waals surface area contributed by atoms with Gasteiger partial charge >= 0.3 is 5.97 Å². The Labute approximate surface area is 148 Å². The van der Waals surface area contributed by atoms with Gasteiger partial charge in [0.15, 0.2) is 9.84 Å². The van der Waals surface area contributed by atoms with Crippen molar-refractivity contribution in [3.8, 4) is 0 Å². The molecule has 1 unspecified atom stereocenters. The van der Waals surface area contributed by atoms with E-state index in [0.717, 1.165) is 5.56 Å². The fourth-order valence-electron chi connectivity index (χ4n) is 2.68. The second-order valence-electron chi connectivity index (χ2n) is 5.84. The SMILES string of the molecule is Cl.O=C(O)C1CCN(C(=O)CS(=O)(=O)CCCc2ccccc2)C1. The first-order chi connectivity index (χ1) is 10.9. The monoisotopic (exact) mass is 375 g/mol. The number of hydrogen-bond acceptors (Lipinski definition) is 4. The van der Waals surface area contributed by atoms with Gasteiger partial charge in [-0.15, -0.1) is 12.4 Å². The summed E-state index contributed by atoms with van der Waals surface area (Å²) < 4.78 is 24.1. The third-order valence-electron chi connectivity index (χ3n) is 4.00. The lowest BCUT2D eigenvalue weighted by atomic mass is 10.1. The lowest BCUT2D eigenvalue weighted by Gasteiger charge is -2.15. The Morgan fingerprint density at radius 1 is 1.21 bits per heavy atom. The van der Waals surface area contributed by atoms with E-state index in [-0.39, 0.29) is 24.7 Å². The molecular formula is C16H22ClNO5S. The van der Waals surface area contributed by atoms with Crippen molar-refractivity contribution in [2.45, 2.75) is 19.3 Å². The molecule has 1 atom stereocenters. The second kappa shape index (κ2) is 9.03. The predicted octanol–water partition coefficient (Wildman–Crippen LogP) is 1.39. The maximum absolute atomic E-state index is 12.0. The van der Waals surface area contributed by atoms with Crippen LogP contribution in [0.3, 0.4) is 0 Å². The molecule has 1 saturated heterocycles. The standard InChI is InChI=1S/C16H21NO5S.ClH/c18-15(17-9-8-14(11-17)16(19)20)12-23(21,22)10-4-7-13-5-2-1-3-6-13;/h1-3,5-6,14H,4,7-12H2,(H,19,20);1H. The number of carbonyl (C=O) groups is 2. The number of sulfone groups is 1. The summed E-state index contributed by atoms with van der Waals surface area (Å²) in [5.74, 6) is -2.59. The molecule has 1 aromatic rings. The molecule has 1 aliphatic heterocycles. The fourth-order valence-corrected chi connectivity index (χ4v) is 3.97. The van der Waals surface area contributed by atoms with Crippen LogP contribution >= 0.6 is 12.4 Å². The molecule has 2 rings (SSSR count). The van der Waals surface area contributed by atoms with Gasteiger partial charge in [0.2, 0.25) is 5.91 Å². The summed E-state index contributed by atoms with van der Waals surface area (Å²) in [6, 6.07) is 9.58.